The van der Waals surface area contributed by atoms with E-state index >= 15 is 0 Å². The van der Waals surface area contributed by atoms with Gasteiger partial charge in [0.15, 0.2) is 0 Å². The van der Waals surface area contributed by atoms with Crippen molar-refractivity contribution in [1.29, 1.82) is 0 Å². The summed E-state index contributed by atoms with van der Waals surface area (Å²) < 4.78 is 50.4. The Balaban J connectivity index is 3.12. The molecule has 2 N–H and O–H groups in total. The lowest BCUT2D eigenvalue weighted by Gasteiger charge is -2.25. The zero-order valence-electron chi connectivity index (χ0n) is 10.7. The second-order valence-corrected chi connectivity index (χ2v) is 5.01. The van der Waals surface area contributed by atoms with Crippen LogP contribution in [0.3, 0.4) is 0 Å². The molecule has 1 amide bonds. The van der Waals surface area contributed by atoms with Crippen LogP contribution < -0.4 is 10.9 Å². The Labute approximate surface area is 117 Å². The third kappa shape index (κ3) is 4.36. The van der Waals surface area contributed by atoms with E-state index in [1.165, 1.54) is 20.0 Å². The molecule has 4 nitrogen and oxygen atoms in total. The van der Waals surface area contributed by atoms with Gasteiger partial charge >= 0.3 is 6.18 Å². The van der Waals surface area contributed by atoms with Crippen molar-refractivity contribution in [1.82, 2.24) is 5.12 Å². The van der Waals surface area contributed by atoms with Crippen LogP contribution in [0.2, 0.25) is 0 Å². The van der Waals surface area contributed by atoms with Gasteiger partial charge in [0.05, 0.1) is 11.4 Å². The standard InChI is InChI=1S/C11H13F4N3OS/c1-7-3-8(12)9(18(6-19)17(2)16)4-10(7)20-5-11(13,14)15/h3-4,6H,5,16H2,1-2H3. The second-order valence-electron chi connectivity index (χ2n) is 4.00. The van der Waals surface area contributed by atoms with Gasteiger partial charge < -0.3 is 0 Å². The van der Waals surface area contributed by atoms with E-state index in [4.69, 9.17) is 5.84 Å². The van der Waals surface area contributed by atoms with Gasteiger partial charge in [-0.05, 0) is 24.6 Å². The zero-order chi connectivity index (χ0) is 15.5. The first-order valence-electron chi connectivity index (χ1n) is 5.38. The zero-order valence-corrected chi connectivity index (χ0v) is 11.6. The number of benzene rings is 1. The molecule has 0 bridgehead atoms. The lowest BCUT2D eigenvalue weighted by molar-refractivity contribution is -0.110. The van der Waals surface area contributed by atoms with Crippen LogP contribution in [0, 0.1) is 12.7 Å². The molecule has 0 aliphatic rings. The number of rotatable bonds is 5. The molecular formula is C11H13F4N3OS. The molecule has 1 aromatic rings. The number of halogens is 4. The maximum atomic E-state index is 13.8. The van der Waals surface area contributed by atoms with E-state index in [0.717, 1.165) is 16.2 Å². The second kappa shape index (κ2) is 6.42. The van der Waals surface area contributed by atoms with Gasteiger partial charge in [0.25, 0.3) is 0 Å². The monoisotopic (exact) mass is 311 g/mol. The summed E-state index contributed by atoms with van der Waals surface area (Å²) in [6.07, 6.45) is -4.06. The molecule has 0 fully saturated rings. The molecule has 0 spiro atoms. The fraction of sp³-hybridized carbons (Fsp3) is 0.364. The normalized spacial score (nSPS) is 11.8. The molecule has 1 rings (SSSR count). The molecule has 0 saturated heterocycles. The van der Waals surface area contributed by atoms with Gasteiger partial charge in [0.2, 0.25) is 6.41 Å². The maximum absolute atomic E-state index is 13.8. The molecule has 0 saturated carbocycles. The minimum Gasteiger partial charge on any atom is -0.277 e. The Morgan fingerprint density at radius 3 is 2.45 bits per heavy atom. The molecule has 0 aliphatic carbocycles. The topological polar surface area (TPSA) is 49.6 Å². The van der Waals surface area contributed by atoms with Crippen molar-refractivity contribution in [2.24, 2.45) is 5.84 Å². The highest BCUT2D eigenvalue weighted by molar-refractivity contribution is 7.99. The highest BCUT2D eigenvalue weighted by atomic mass is 32.2. The van der Waals surface area contributed by atoms with E-state index in [1.807, 2.05) is 0 Å². The van der Waals surface area contributed by atoms with Crippen molar-refractivity contribution in [3.8, 4) is 0 Å². The average molecular weight is 311 g/mol. The number of carbonyl (C=O) groups excluding carboxylic acids is 1. The van der Waals surface area contributed by atoms with Gasteiger partial charge in [-0.2, -0.15) is 18.3 Å². The summed E-state index contributed by atoms with van der Waals surface area (Å²) in [4.78, 5) is 11.1. The Morgan fingerprint density at radius 1 is 1.40 bits per heavy atom. The fourth-order valence-electron chi connectivity index (χ4n) is 1.43. The van der Waals surface area contributed by atoms with E-state index in [-0.39, 0.29) is 17.0 Å². The number of carbonyl (C=O) groups is 1. The lowest BCUT2D eigenvalue weighted by Crippen LogP contribution is -2.44. The summed E-state index contributed by atoms with van der Waals surface area (Å²) in [5, 5.41) is 1.59. The van der Waals surface area contributed by atoms with E-state index in [2.05, 4.69) is 0 Å². The van der Waals surface area contributed by atoms with E-state index in [0.29, 0.717) is 17.3 Å². The van der Waals surface area contributed by atoms with Crippen LogP contribution in [0.4, 0.5) is 23.2 Å². The highest BCUT2D eigenvalue weighted by Gasteiger charge is 2.28. The quantitative estimate of drug-likeness (QED) is 0.298. The molecule has 0 radical (unpaired) electrons. The van der Waals surface area contributed by atoms with E-state index < -0.39 is 17.7 Å². The molecule has 112 valence electrons. The summed E-state index contributed by atoms with van der Waals surface area (Å²) in [6.45, 7) is 1.49. The minimum absolute atomic E-state index is 0.208. The molecule has 9 heteroatoms. The van der Waals surface area contributed by atoms with Gasteiger partial charge in [-0.15, -0.1) is 11.8 Å². The van der Waals surface area contributed by atoms with E-state index in [1.54, 1.807) is 0 Å². The van der Waals surface area contributed by atoms with Crippen LogP contribution in [-0.2, 0) is 4.79 Å². The predicted molar refractivity (Wildman–Crippen MR) is 68.4 cm³/mol. The number of alkyl halides is 3. The molecule has 0 aliphatic heterocycles. The van der Waals surface area contributed by atoms with E-state index in [9.17, 15) is 22.4 Å². The predicted octanol–water partition coefficient (Wildman–Crippen LogP) is 2.47. The SMILES string of the molecule is Cc1cc(F)c(N(C=O)N(C)N)cc1SCC(F)(F)F. The number of hydrazine groups is 2. The number of nitrogens with two attached hydrogens (primary N) is 1. The number of hydrogen-bond acceptors (Lipinski definition) is 4. The third-order valence-electron chi connectivity index (χ3n) is 2.32. The number of aryl methyl sites for hydroxylation is 1. The molecule has 0 unspecified atom stereocenters. The van der Waals surface area contributed by atoms with Crippen molar-refractivity contribution >= 4 is 23.9 Å². The van der Waals surface area contributed by atoms with Crippen molar-refractivity contribution in [2.45, 2.75) is 18.0 Å². The first-order valence-corrected chi connectivity index (χ1v) is 6.37. The Kier molecular flexibility index (Phi) is 5.37. The smallest absolute Gasteiger partial charge is 0.277 e. The lowest BCUT2D eigenvalue weighted by atomic mass is 10.2. The van der Waals surface area contributed by atoms with Crippen LogP contribution in [-0.4, -0.2) is 30.5 Å². The largest absolute Gasteiger partial charge is 0.398 e. The summed E-state index contributed by atoms with van der Waals surface area (Å²) in [5.74, 6) is 3.51. The van der Waals surface area contributed by atoms with Crippen LogP contribution >= 0.6 is 11.8 Å². The first kappa shape index (κ1) is 16.7. The molecule has 1 aromatic carbocycles. The van der Waals surface area contributed by atoms with Crippen molar-refractivity contribution in [2.75, 3.05) is 17.8 Å². The first-order chi connectivity index (χ1) is 9.15. The number of hydrogen-bond donors (Lipinski definition) is 1. The summed E-state index contributed by atoms with van der Waals surface area (Å²) >= 11 is 0.523. The number of amides is 1. The number of anilines is 1. The average Bonchev–Trinajstić information content (AvgIpc) is 2.29. The highest BCUT2D eigenvalue weighted by Crippen LogP contribution is 2.33. The van der Waals surface area contributed by atoms with Crippen LogP contribution in [0.5, 0.6) is 0 Å². The molecule has 20 heavy (non-hydrogen) atoms. The summed E-state index contributed by atoms with van der Waals surface area (Å²) in [5.41, 5.74) is 0.145. The Hall–Kier alpha value is -1.32. The molecule has 0 heterocycles. The van der Waals surface area contributed by atoms with Gasteiger partial charge in [-0.1, -0.05) is 0 Å². The van der Waals surface area contributed by atoms with Crippen molar-refractivity contribution in [3.63, 3.8) is 0 Å². The van der Waals surface area contributed by atoms with Crippen LogP contribution in [0.25, 0.3) is 0 Å². The fourth-order valence-corrected chi connectivity index (χ4v) is 2.23. The summed E-state index contributed by atoms with van der Waals surface area (Å²) in [7, 11) is 1.30. The number of nitrogens with zero attached hydrogens (tertiary/aromatic N) is 2. The Morgan fingerprint density at radius 2 is 2.00 bits per heavy atom. The molecule has 0 atom stereocenters. The summed E-state index contributed by atoms with van der Waals surface area (Å²) in [6, 6.07) is 2.23. The van der Waals surface area contributed by atoms with Crippen molar-refractivity contribution in [3.05, 3.63) is 23.5 Å². The van der Waals surface area contributed by atoms with Gasteiger partial charge in [-0.3, -0.25) is 10.6 Å². The van der Waals surface area contributed by atoms with Crippen LogP contribution in [0.15, 0.2) is 17.0 Å². The Bertz CT molecular complexity index is 493. The third-order valence-corrected chi connectivity index (χ3v) is 3.54. The van der Waals surface area contributed by atoms with Gasteiger partial charge in [-0.25, -0.2) is 9.40 Å². The van der Waals surface area contributed by atoms with Crippen LogP contribution in [0.1, 0.15) is 5.56 Å². The van der Waals surface area contributed by atoms with Gasteiger partial charge in [0.1, 0.15) is 5.82 Å². The van der Waals surface area contributed by atoms with Gasteiger partial charge in [0, 0.05) is 11.9 Å². The molecule has 0 aromatic heterocycles. The molecular weight excluding hydrogens is 298 g/mol. The van der Waals surface area contributed by atoms with Crippen molar-refractivity contribution < 1.29 is 22.4 Å². The minimum atomic E-state index is -4.33. The maximum Gasteiger partial charge on any atom is 0.398 e. The number of thioether (sulfide) groups is 1.